The number of nitrogens with zero attached hydrogens (tertiary/aromatic N) is 1. The molecular formula is C16H20KNO4S. The molecule has 1 aromatic rings. The molecule has 2 aliphatic rings. The number of aliphatic carboxylic acids is 1. The van der Waals surface area contributed by atoms with Crippen LogP contribution in [0.2, 0.25) is 0 Å². The predicted molar refractivity (Wildman–Crippen MR) is 80.2 cm³/mol. The molecule has 1 aliphatic heterocycles. The molecule has 23 heavy (non-hydrogen) atoms. The van der Waals surface area contributed by atoms with Crippen LogP contribution in [0.1, 0.15) is 37.0 Å². The van der Waals surface area contributed by atoms with Gasteiger partial charge in [0.1, 0.15) is 0 Å². The van der Waals surface area contributed by atoms with Crippen LogP contribution in [0.25, 0.3) is 0 Å². The molecule has 0 unspecified atom stereocenters. The summed E-state index contributed by atoms with van der Waals surface area (Å²) >= 11 is 1.60. The summed E-state index contributed by atoms with van der Waals surface area (Å²) in [7, 11) is 0. The zero-order valence-electron chi connectivity index (χ0n) is 13.4. The summed E-state index contributed by atoms with van der Waals surface area (Å²) in [6.07, 6.45) is 2.76. The molecule has 0 radical (unpaired) electrons. The number of aliphatic hydroxyl groups excluding tert-OH is 1. The number of β-amino-alcohol motifs (C(OH)–C–C–N with tert-alkyl or cyclic N) is 1. The number of carboxylic acids is 1. The van der Waals surface area contributed by atoms with Gasteiger partial charge in [0.05, 0.1) is 11.5 Å². The van der Waals surface area contributed by atoms with E-state index in [1.54, 1.807) is 16.2 Å². The third-order valence-corrected chi connectivity index (χ3v) is 6.06. The molecule has 1 aromatic heterocycles. The molecule has 0 bridgehead atoms. The van der Waals surface area contributed by atoms with Gasteiger partial charge in [0.2, 0.25) is 5.91 Å². The molecule has 1 saturated heterocycles. The third kappa shape index (κ3) is 3.91. The second kappa shape index (κ2) is 8.08. The second-order valence-electron chi connectivity index (χ2n) is 6.38. The molecular weight excluding hydrogens is 341 g/mol. The number of carbonyl (C=O) groups excluding carboxylic acids is 2. The fourth-order valence-electron chi connectivity index (χ4n) is 3.83. The minimum absolute atomic E-state index is 0. The molecule has 3 rings (SSSR count). The van der Waals surface area contributed by atoms with Crippen LogP contribution in [-0.4, -0.2) is 41.1 Å². The predicted octanol–water partition coefficient (Wildman–Crippen LogP) is -2.48. The van der Waals surface area contributed by atoms with Crippen LogP contribution < -0.4 is 56.5 Å². The molecule has 0 spiro atoms. The maximum absolute atomic E-state index is 13.1. The zero-order chi connectivity index (χ0) is 15.7. The maximum atomic E-state index is 13.1. The first-order chi connectivity index (χ1) is 10.5. The van der Waals surface area contributed by atoms with Crippen LogP contribution in [0.5, 0.6) is 0 Å². The van der Waals surface area contributed by atoms with Crippen molar-refractivity contribution < 1.29 is 71.2 Å². The largest absolute Gasteiger partial charge is 1.00 e. The summed E-state index contributed by atoms with van der Waals surface area (Å²) in [5.74, 6) is -1.55. The molecule has 1 amide bonds. The van der Waals surface area contributed by atoms with Gasteiger partial charge in [0, 0.05) is 29.9 Å². The van der Waals surface area contributed by atoms with E-state index >= 15 is 0 Å². The fraction of sp³-hybridized carbons (Fsp3) is 0.625. The van der Waals surface area contributed by atoms with E-state index in [9.17, 15) is 19.8 Å². The number of likely N-dealkylation sites (tertiary alicyclic amines) is 1. The Kier molecular flexibility index (Phi) is 6.87. The van der Waals surface area contributed by atoms with E-state index in [1.165, 1.54) is 0 Å². The fourth-order valence-corrected chi connectivity index (χ4v) is 4.81. The first-order valence-electron chi connectivity index (χ1n) is 7.74. The number of carbonyl (C=O) groups is 2. The van der Waals surface area contributed by atoms with Crippen LogP contribution in [0.15, 0.2) is 17.5 Å². The normalized spacial score (nSPS) is 26.0. The van der Waals surface area contributed by atoms with Crippen LogP contribution in [-0.2, 0) is 15.0 Å². The van der Waals surface area contributed by atoms with Crippen molar-refractivity contribution in [2.45, 2.75) is 43.6 Å². The minimum Gasteiger partial charge on any atom is -0.550 e. The maximum Gasteiger partial charge on any atom is 1.00 e. The molecule has 2 heterocycles. The van der Waals surface area contributed by atoms with Gasteiger partial charge < -0.3 is 19.9 Å². The van der Waals surface area contributed by atoms with Crippen molar-refractivity contribution in [2.75, 3.05) is 13.1 Å². The van der Waals surface area contributed by atoms with Gasteiger partial charge in [-0.05, 0) is 30.7 Å². The van der Waals surface area contributed by atoms with Gasteiger partial charge >= 0.3 is 51.4 Å². The van der Waals surface area contributed by atoms with Crippen LogP contribution in [0, 0.1) is 5.92 Å². The molecule has 5 nitrogen and oxygen atoms in total. The molecule has 1 aliphatic carbocycles. The zero-order valence-corrected chi connectivity index (χ0v) is 17.3. The van der Waals surface area contributed by atoms with E-state index in [0.717, 1.165) is 30.6 Å². The van der Waals surface area contributed by atoms with Crippen LogP contribution in [0.3, 0.4) is 0 Å². The minimum atomic E-state index is -1.17. The van der Waals surface area contributed by atoms with Crippen molar-refractivity contribution >= 4 is 23.2 Å². The SMILES string of the molecule is O=C([O-])C[C@@H]1CN(C(=O)C2(c3cccs3)CCCC2)C[C@H]1O.[K+]. The van der Waals surface area contributed by atoms with Crippen molar-refractivity contribution in [3.8, 4) is 0 Å². The first kappa shape index (κ1) is 19.6. The quantitative estimate of drug-likeness (QED) is 0.603. The van der Waals surface area contributed by atoms with Crippen LogP contribution in [0.4, 0.5) is 0 Å². The van der Waals surface area contributed by atoms with Gasteiger partial charge in [-0.1, -0.05) is 18.9 Å². The average molecular weight is 362 g/mol. The first-order valence-corrected chi connectivity index (χ1v) is 8.62. The topological polar surface area (TPSA) is 80.7 Å². The van der Waals surface area contributed by atoms with Crippen molar-refractivity contribution in [3.05, 3.63) is 22.4 Å². The van der Waals surface area contributed by atoms with E-state index in [2.05, 4.69) is 0 Å². The van der Waals surface area contributed by atoms with Gasteiger partial charge in [-0.25, -0.2) is 0 Å². The summed E-state index contributed by atoms with van der Waals surface area (Å²) in [5.41, 5.74) is -0.468. The third-order valence-electron chi connectivity index (χ3n) is 4.98. The summed E-state index contributed by atoms with van der Waals surface area (Å²) in [6.45, 7) is 0.533. The van der Waals surface area contributed by atoms with Gasteiger partial charge in [-0.2, -0.15) is 0 Å². The average Bonchev–Trinajstić information content (AvgIpc) is 3.18. The summed E-state index contributed by atoms with van der Waals surface area (Å²) in [6, 6.07) is 3.98. The Morgan fingerprint density at radius 3 is 2.61 bits per heavy atom. The summed E-state index contributed by atoms with van der Waals surface area (Å²) < 4.78 is 0. The molecule has 0 aromatic carbocycles. The van der Waals surface area contributed by atoms with Gasteiger partial charge in [-0.3, -0.25) is 4.79 Å². The van der Waals surface area contributed by atoms with Gasteiger partial charge in [0.15, 0.2) is 0 Å². The molecule has 2 fully saturated rings. The molecule has 1 saturated carbocycles. The number of hydrogen-bond donors (Lipinski definition) is 1. The molecule has 1 N–H and O–H groups in total. The van der Waals surface area contributed by atoms with E-state index in [4.69, 9.17) is 0 Å². The number of rotatable bonds is 4. The van der Waals surface area contributed by atoms with Gasteiger partial charge in [0.25, 0.3) is 0 Å². The van der Waals surface area contributed by atoms with Crippen LogP contribution >= 0.6 is 11.3 Å². The summed E-state index contributed by atoms with van der Waals surface area (Å²) in [4.78, 5) is 26.6. The van der Waals surface area contributed by atoms with Crippen molar-refractivity contribution in [3.63, 3.8) is 0 Å². The molecule has 120 valence electrons. The Balaban J connectivity index is 0.00000192. The van der Waals surface area contributed by atoms with Gasteiger partial charge in [-0.15, -0.1) is 11.3 Å². The Labute approximate surface area is 182 Å². The van der Waals surface area contributed by atoms with Crippen molar-refractivity contribution in [1.29, 1.82) is 0 Å². The number of thiophene rings is 1. The standard InChI is InChI=1S/C16H21NO4S.K/c18-12-10-17(9-11(12)8-14(19)20)15(21)16(5-1-2-6-16)13-4-3-7-22-13;/h3-4,7,11-12,18H,1-2,5-6,8-10H2,(H,19,20);/q;+1/p-1/t11-,12-;/m1./s1. The molecule has 7 heteroatoms. The Hall–Kier alpha value is 0.236. The van der Waals surface area contributed by atoms with Crippen molar-refractivity contribution in [1.82, 2.24) is 4.90 Å². The summed E-state index contributed by atoms with van der Waals surface area (Å²) in [5, 5.41) is 22.8. The Morgan fingerprint density at radius 2 is 2.04 bits per heavy atom. The smallest absolute Gasteiger partial charge is 0.550 e. The number of amides is 1. The number of carboxylic acid groups (broad SMARTS) is 1. The van der Waals surface area contributed by atoms with E-state index in [-0.39, 0.29) is 70.3 Å². The Bertz CT molecular complexity index is 556. The van der Waals surface area contributed by atoms with E-state index < -0.39 is 23.4 Å². The van der Waals surface area contributed by atoms with Crippen molar-refractivity contribution in [2.24, 2.45) is 5.92 Å². The van der Waals surface area contributed by atoms with E-state index in [1.807, 2.05) is 17.5 Å². The number of hydrogen-bond acceptors (Lipinski definition) is 5. The second-order valence-corrected chi connectivity index (χ2v) is 7.33. The molecule has 2 atom stereocenters. The Morgan fingerprint density at radius 1 is 1.35 bits per heavy atom. The monoisotopic (exact) mass is 361 g/mol. The number of aliphatic hydroxyl groups is 1. The van der Waals surface area contributed by atoms with E-state index in [0.29, 0.717) is 6.54 Å².